The smallest absolute Gasteiger partial charge is 0.137 e. The third-order valence-corrected chi connectivity index (χ3v) is 4.32. The highest BCUT2D eigenvalue weighted by atomic mass is 79.9. The maximum absolute atomic E-state index is 5.76. The minimum Gasteiger partial charge on any atom is -0.369 e. The van der Waals surface area contributed by atoms with Crippen molar-refractivity contribution in [3.63, 3.8) is 0 Å². The number of rotatable bonds is 2. The van der Waals surface area contributed by atoms with Gasteiger partial charge in [0.1, 0.15) is 17.9 Å². The number of ether oxygens (including phenoxy) is 2. The highest BCUT2D eigenvalue weighted by molar-refractivity contribution is 9.10. The minimum absolute atomic E-state index is 0.0498. The van der Waals surface area contributed by atoms with Gasteiger partial charge in [0.25, 0.3) is 0 Å². The summed E-state index contributed by atoms with van der Waals surface area (Å²) in [6.45, 7) is 1.35. The molecule has 0 aromatic carbocycles. The topological polar surface area (TPSA) is 47.1 Å². The standard InChI is InChI=1S/C16H15BrN2O2/c17-12-7-13-11(8-18-16(13)19-9-12)5-10-1-2-14-15(6-10)21-4-3-20-14/h1-2,6-9,14-15H,3-5H2,(H,18,19). The van der Waals surface area contributed by atoms with Crippen LogP contribution in [0.4, 0.5) is 0 Å². The second kappa shape index (κ2) is 5.40. The molecule has 2 unspecified atom stereocenters. The highest BCUT2D eigenvalue weighted by Gasteiger charge is 2.25. The van der Waals surface area contributed by atoms with E-state index in [1.807, 2.05) is 6.20 Å². The van der Waals surface area contributed by atoms with Crippen LogP contribution in [0.1, 0.15) is 5.56 Å². The Balaban J connectivity index is 1.61. The normalized spacial score (nSPS) is 24.9. The van der Waals surface area contributed by atoms with Crippen LogP contribution in [0.2, 0.25) is 0 Å². The van der Waals surface area contributed by atoms with E-state index in [4.69, 9.17) is 9.47 Å². The maximum atomic E-state index is 5.76. The number of nitrogens with zero attached hydrogens (tertiary/aromatic N) is 1. The van der Waals surface area contributed by atoms with E-state index < -0.39 is 0 Å². The minimum atomic E-state index is 0.0498. The van der Waals surface area contributed by atoms with E-state index in [0.717, 1.165) is 21.9 Å². The molecule has 2 aromatic heterocycles. The number of nitrogens with one attached hydrogen (secondary N) is 1. The van der Waals surface area contributed by atoms with E-state index in [9.17, 15) is 0 Å². The average molecular weight is 347 g/mol. The maximum Gasteiger partial charge on any atom is 0.137 e. The van der Waals surface area contributed by atoms with Crippen molar-refractivity contribution in [2.75, 3.05) is 13.2 Å². The number of halogens is 1. The Morgan fingerprint density at radius 2 is 2.14 bits per heavy atom. The van der Waals surface area contributed by atoms with Crippen LogP contribution in [-0.4, -0.2) is 35.4 Å². The van der Waals surface area contributed by atoms with Crippen molar-refractivity contribution in [1.29, 1.82) is 0 Å². The lowest BCUT2D eigenvalue weighted by molar-refractivity contribution is -0.102. The fourth-order valence-electron chi connectivity index (χ4n) is 2.87. The van der Waals surface area contributed by atoms with Crippen LogP contribution in [0.5, 0.6) is 0 Å². The van der Waals surface area contributed by atoms with Crippen molar-refractivity contribution in [2.45, 2.75) is 18.6 Å². The third kappa shape index (κ3) is 2.57. The molecule has 0 radical (unpaired) electrons. The van der Waals surface area contributed by atoms with Crippen molar-refractivity contribution in [1.82, 2.24) is 9.97 Å². The molecule has 1 aliphatic heterocycles. The number of allylic oxidation sites excluding steroid dienone is 2. The Morgan fingerprint density at radius 1 is 1.29 bits per heavy atom. The van der Waals surface area contributed by atoms with Gasteiger partial charge in [0.15, 0.2) is 0 Å². The molecule has 4 rings (SSSR count). The average Bonchev–Trinajstić information content (AvgIpc) is 2.89. The summed E-state index contributed by atoms with van der Waals surface area (Å²) >= 11 is 3.48. The molecule has 3 heterocycles. The SMILES string of the molecule is Brc1cnc2[nH]cc(CC3=CC4OCCOC4C=C3)c2c1. The number of fused-ring (bicyclic) bond motifs is 2. The predicted octanol–water partition coefficient (Wildman–Crippen LogP) is 3.15. The summed E-state index contributed by atoms with van der Waals surface area (Å²) in [6.07, 6.45) is 11.2. The summed E-state index contributed by atoms with van der Waals surface area (Å²) < 4.78 is 12.4. The van der Waals surface area contributed by atoms with Gasteiger partial charge in [0.05, 0.1) is 13.2 Å². The summed E-state index contributed by atoms with van der Waals surface area (Å²) in [6, 6.07) is 2.10. The highest BCUT2D eigenvalue weighted by Crippen LogP contribution is 2.26. The van der Waals surface area contributed by atoms with Gasteiger partial charge in [-0.25, -0.2) is 4.98 Å². The summed E-state index contributed by atoms with van der Waals surface area (Å²) in [5.74, 6) is 0. The van der Waals surface area contributed by atoms with E-state index in [2.05, 4.69) is 50.2 Å². The summed E-state index contributed by atoms with van der Waals surface area (Å²) in [4.78, 5) is 7.60. The van der Waals surface area contributed by atoms with Gasteiger partial charge >= 0.3 is 0 Å². The molecule has 21 heavy (non-hydrogen) atoms. The molecular formula is C16H15BrN2O2. The Bertz CT molecular complexity index is 735. The third-order valence-electron chi connectivity index (χ3n) is 3.88. The number of aromatic nitrogens is 2. The molecule has 1 N–H and O–H groups in total. The van der Waals surface area contributed by atoms with E-state index in [1.54, 1.807) is 6.20 Å². The van der Waals surface area contributed by atoms with Crippen LogP contribution in [0.15, 0.2) is 46.7 Å². The molecule has 1 fully saturated rings. The Labute approximate surface area is 131 Å². The van der Waals surface area contributed by atoms with E-state index in [1.165, 1.54) is 11.1 Å². The Kier molecular flexibility index (Phi) is 3.41. The first-order valence-electron chi connectivity index (χ1n) is 7.03. The van der Waals surface area contributed by atoms with Crippen LogP contribution < -0.4 is 0 Å². The van der Waals surface area contributed by atoms with Crippen molar-refractivity contribution in [3.8, 4) is 0 Å². The molecule has 108 valence electrons. The number of H-pyrrole nitrogens is 1. The van der Waals surface area contributed by atoms with Gasteiger partial charge in [-0.05, 0) is 45.6 Å². The Hall–Kier alpha value is -1.43. The number of aromatic amines is 1. The molecule has 2 aromatic rings. The summed E-state index contributed by atoms with van der Waals surface area (Å²) in [7, 11) is 0. The molecular weight excluding hydrogens is 332 g/mol. The molecule has 0 saturated carbocycles. The molecule has 2 aliphatic rings. The van der Waals surface area contributed by atoms with Gasteiger partial charge in [0, 0.05) is 22.3 Å². The molecule has 1 saturated heterocycles. The molecule has 0 spiro atoms. The van der Waals surface area contributed by atoms with E-state index >= 15 is 0 Å². The molecule has 4 nitrogen and oxygen atoms in total. The molecule has 2 atom stereocenters. The second-order valence-corrected chi connectivity index (χ2v) is 6.23. The molecule has 0 bridgehead atoms. The van der Waals surface area contributed by atoms with Gasteiger partial charge in [-0.2, -0.15) is 0 Å². The summed E-state index contributed by atoms with van der Waals surface area (Å²) in [5.41, 5.74) is 3.41. The second-order valence-electron chi connectivity index (χ2n) is 5.31. The van der Waals surface area contributed by atoms with Gasteiger partial charge < -0.3 is 14.5 Å². The van der Waals surface area contributed by atoms with E-state index in [0.29, 0.717) is 13.2 Å². The monoisotopic (exact) mass is 346 g/mol. The van der Waals surface area contributed by atoms with Crippen molar-refractivity contribution in [3.05, 3.63) is 52.3 Å². The lowest BCUT2D eigenvalue weighted by Gasteiger charge is -2.30. The van der Waals surface area contributed by atoms with E-state index in [-0.39, 0.29) is 12.2 Å². The number of hydrogen-bond acceptors (Lipinski definition) is 3. The number of pyridine rings is 1. The van der Waals surface area contributed by atoms with Gasteiger partial charge in [-0.1, -0.05) is 12.2 Å². The van der Waals surface area contributed by atoms with Gasteiger partial charge in [-0.15, -0.1) is 0 Å². The first-order chi connectivity index (χ1) is 10.3. The molecule has 1 aliphatic carbocycles. The fourth-order valence-corrected chi connectivity index (χ4v) is 3.20. The summed E-state index contributed by atoms with van der Waals surface area (Å²) in [5, 5.41) is 1.15. The zero-order chi connectivity index (χ0) is 14.2. The molecule has 0 amide bonds. The van der Waals surface area contributed by atoms with Crippen LogP contribution in [0, 0.1) is 0 Å². The fraction of sp³-hybridized carbons (Fsp3) is 0.312. The first-order valence-corrected chi connectivity index (χ1v) is 7.82. The van der Waals surface area contributed by atoms with Gasteiger partial charge in [0.2, 0.25) is 0 Å². The van der Waals surface area contributed by atoms with Crippen LogP contribution in [0.3, 0.4) is 0 Å². The van der Waals surface area contributed by atoms with Crippen molar-refractivity contribution < 1.29 is 9.47 Å². The lowest BCUT2D eigenvalue weighted by atomic mass is 9.96. The van der Waals surface area contributed by atoms with Crippen LogP contribution >= 0.6 is 15.9 Å². The van der Waals surface area contributed by atoms with Gasteiger partial charge in [-0.3, -0.25) is 0 Å². The van der Waals surface area contributed by atoms with Crippen LogP contribution in [0.25, 0.3) is 11.0 Å². The first kappa shape index (κ1) is 13.2. The quantitative estimate of drug-likeness (QED) is 0.908. The number of hydrogen-bond donors (Lipinski definition) is 1. The zero-order valence-electron chi connectivity index (χ0n) is 11.4. The Morgan fingerprint density at radius 3 is 3.05 bits per heavy atom. The largest absolute Gasteiger partial charge is 0.369 e. The zero-order valence-corrected chi connectivity index (χ0v) is 13.0. The van der Waals surface area contributed by atoms with Crippen LogP contribution in [-0.2, 0) is 15.9 Å². The predicted molar refractivity (Wildman–Crippen MR) is 84.2 cm³/mol. The van der Waals surface area contributed by atoms with Crippen molar-refractivity contribution >= 4 is 27.0 Å². The molecule has 5 heteroatoms. The van der Waals surface area contributed by atoms with Crippen molar-refractivity contribution in [2.24, 2.45) is 0 Å². The lowest BCUT2D eigenvalue weighted by Crippen LogP contribution is -2.37.